The van der Waals surface area contributed by atoms with Crippen LogP contribution in [-0.4, -0.2) is 47.5 Å². The van der Waals surface area contributed by atoms with Crippen LogP contribution in [0.3, 0.4) is 0 Å². The number of aromatic nitrogens is 1. The molecule has 122 valence electrons. The SMILES string of the molecule is CCOC(=O)c1cccnc1N1CCC(O)(C(F)(F)F)CC1. The van der Waals surface area contributed by atoms with Gasteiger partial charge in [-0.05, 0) is 19.1 Å². The molecule has 1 N–H and O–H groups in total. The van der Waals surface area contributed by atoms with Crippen molar-refractivity contribution in [2.75, 3.05) is 24.6 Å². The predicted molar refractivity (Wildman–Crippen MR) is 72.6 cm³/mol. The maximum absolute atomic E-state index is 12.8. The van der Waals surface area contributed by atoms with Crippen molar-refractivity contribution in [3.63, 3.8) is 0 Å². The van der Waals surface area contributed by atoms with Crippen LogP contribution in [0, 0.1) is 0 Å². The van der Waals surface area contributed by atoms with Crippen molar-refractivity contribution in [1.82, 2.24) is 4.98 Å². The molecule has 0 unspecified atom stereocenters. The third-order valence-electron chi connectivity index (χ3n) is 3.70. The molecule has 22 heavy (non-hydrogen) atoms. The van der Waals surface area contributed by atoms with Crippen molar-refractivity contribution >= 4 is 11.8 Å². The number of alkyl halides is 3. The molecule has 2 heterocycles. The molecule has 1 aromatic heterocycles. The fourth-order valence-corrected chi connectivity index (χ4v) is 2.39. The summed E-state index contributed by atoms with van der Waals surface area (Å²) in [5.41, 5.74) is -2.47. The Morgan fingerprint density at radius 1 is 1.45 bits per heavy atom. The van der Waals surface area contributed by atoms with Gasteiger partial charge in [-0.25, -0.2) is 9.78 Å². The summed E-state index contributed by atoms with van der Waals surface area (Å²) in [6.45, 7) is 1.78. The van der Waals surface area contributed by atoms with E-state index in [2.05, 4.69) is 4.98 Å². The molecule has 0 amide bonds. The van der Waals surface area contributed by atoms with Crippen LogP contribution in [0.4, 0.5) is 19.0 Å². The number of ether oxygens (including phenoxy) is 1. The van der Waals surface area contributed by atoms with Gasteiger partial charge < -0.3 is 14.7 Å². The topological polar surface area (TPSA) is 62.7 Å². The van der Waals surface area contributed by atoms with Crippen molar-refractivity contribution in [3.8, 4) is 0 Å². The van der Waals surface area contributed by atoms with Crippen LogP contribution < -0.4 is 4.90 Å². The van der Waals surface area contributed by atoms with Gasteiger partial charge in [0, 0.05) is 32.1 Å². The number of piperidine rings is 1. The van der Waals surface area contributed by atoms with Gasteiger partial charge in [0.25, 0.3) is 0 Å². The van der Waals surface area contributed by atoms with Crippen molar-refractivity contribution in [2.24, 2.45) is 0 Å². The Morgan fingerprint density at radius 2 is 2.09 bits per heavy atom. The molecule has 2 rings (SSSR count). The highest BCUT2D eigenvalue weighted by atomic mass is 19.4. The second-order valence-corrected chi connectivity index (χ2v) is 5.11. The minimum atomic E-state index is -4.66. The van der Waals surface area contributed by atoms with Crippen molar-refractivity contribution < 1.29 is 27.8 Å². The molecule has 1 aromatic rings. The first-order chi connectivity index (χ1) is 10.3. The van der Waals surface area contributed by atoms with E-state index in [4.69, 9.17) is 4.74 Å². The van der Waals surface area contributed by atoms with Crippen LogP contribution in [0.2, 0.25) is 0 Å². The van der Waals surface area contributed by atoms with Gasteiger partial charge in [0.2, 0.25) is 0 Å². The number of hydrogen-bond donors (Lipinski definition) is 1. The van der Waals surface area contributed by atoms with E-state index in [1.54, 1.807) is 17.9 Å². The van der Waals surface area contributed by atoms with E-state index in [9.17, 15) is 23.1 Å². The van der Waals surface area contributed by atoms with Gasteiger partial charge in [-0.1, -0.05) is 0 Å². The number of rotatable bonds is 3. The van der Waals surface area contributed by atoms with Gasteiger partial charge in [0.05, 0.1) is 6.61 Å². The number of carbonyl (C=O) groups is 1. The first-order valence-corrected chi connectivity index (χ1v) is 6.94. The summed E-state index contributed by atoms with van der Waals surface area (Å²) in [6, 6.07) is 3.08. The second-order valence-electron chi connectivity index (χ2n) is 5.11. The largest absolute Gasteiger partial charge is 0.462 e. The minimum Gasteiger partial charge on any atom is -0.462 e. The number of aliphatic hydroxyl groups is 1. The molecule has 1 saturated heterocycles. The third kappa shape index (κ3) is 3.16. The van der Waals surface area contributed by atoms with E-state index in [1.807, 2.05) is 0 Å². The number of nitrogens with zero attached hydrogens (tertiary/aromatic N) is 2. The molecule has 5 nitrogen and oxygen atoms in total. The smallest absolute Gasteiger partial charge is 0.417 e. The van der Waals surface area contributed by atoms with Crippen LogP contribution in [0.5, 0.6) is 0 Å². The number of carbonyl (C=O) groups excluding carboxylic acids is 1. The van der Waals surface area contributed by atoms with Crippen LogP contribution in [0.15, 0.2) is 18.3 Å². The Kier molecular flexibility index (Phi) is 4.60. The first kappa shape index (κ1) is 16.5. The predicted octanol–water partition coefficient (Wildman–Crippen LogP) is 2.15. The summed E-state index contributed by atoms with van der Waals surface area (Å²) in [6.07, 6.45) is -4.12. The summed E-state index contributed by atoms with van der Waals surface area (Å²) < 4.78 is 43.3. The zero-order valence-electron chi connectivity index (χ0n) is 12.1. The molecule has 1 aliphatic heterocycles. The molecule has 0 aliphatic carbocycles. The van der Waals surface area contributed by atoms with Gasteiger partial charge in [0.1, 0.15) is 11.4 Å². The van der Waals surface area contributed by atoms with Crippen LogP contribution in [0.25, 0.3) is 0 Å². The number of esters is 1. The third-order valence-corrected chi connectivity index (χ3v) is 3.70. The molecular formula is C14H17F3N2O3. The normalized spacial score (nSPS) is 18.1. The second kappa shape index (κ2) is 6.12. The van der Waals surface area contributed by atoms with Crippen molar-refractivity contribution in [1.29, 1.82) is 0 Å². The lowest BCUT2D eigenvalue weighted by Gasteiger charge is -2.39. The van der Waals surface area contributed by atoms with Gasteiger partial charge in [0.15, 0.2) is 5.60 Å². The lowest BCUT2D eigenvalue weighted by Crippen LogP contribution is -2.53. The maximum Gasteiger partial charge on any atom is 0.417 e. The zero-order valence-corrected chi connectivity index (χ0v) is 12.1. The van der Waals surface area contributed by atoms with Gasteiger partial charge in [-0.2, -0.15) is 13.2 Å². The molecular weight excluding hydrogens is 301 g/mol. The molecule has 0 bridgehead atoms. The van der Waals surface area contributed by atoms with E-state index in [0.29, 0.717) is 0 Å². The molecule has 0 atom stereocenters. The highest BCUT2D eigenvalue weighted by Gasteiger charge is 2.54. The van der Waals surface area contributed by atoms with Crippen LogP contribution in [-0.2, 0) is 4.74 Å². The van der Waals surface area contributed by atoms with E-state index in [1.165, 1.54) is 12.3 Å². The number of hydrogen-bond acceptors (Lipinski definition) is 5. The Morgan fingerprint density at radius 3 is 2.64 bits per heavy atom. The average Bonchev–Trinajstić information content (AvgIpc) is 2.47. The monoisotopic (exact) mass is 318 g/mol. The maximum atomic E-state index is 12.8. The van der Waals surface area contributed by atoms with Gasteiger partial charge in [-0.15, -0.1) is 0 Å². The fourth-order valence-electron chi connectivity index (χ4n) is 2.39. The van der Waals surface area contributed by atoms with Crippen LogP contribution >= 0.6 is 0 Å². The van der Waals surface area contributed by atoms with E-state index in [-0.39, 0.29) is 31.1 Å². The molecule has 0 aromatic carbocycles. The molecule has 1 fully saturated rings. The first-order valence-electron chi connectivity index (χ1n) is 6.94. The summed E-state index contributed by atoms with van der Waals surface area (Å²) in [7, 11) is 0. The highest BCUT2D eigenvalue weighted by molar-refractivity contribution is 5.94. The number of pyridine rings is 1. The summed E-state index contributed by atoms with van der Waals surface area (Å²) in [4.78, 5) is 17.5. The van der Waals surface area contributed by atoms with Gasteiger partial charge in [-0.3, -0.25) is 0 Å². The van der Waals surface area contributed by atoms with Gasteiger partial charge >= 0.3 is 12.1 Å². The Labute approximate surface area is 125 Å². The van der Waals surface area contributed by atoms with Crippen LogP contribution in [0.1, 0.15) is 30.1 Å². The molecule has 1 aliphatic rings. The summed E-state index contributed by atoms with van der Waals surface area (Å²) >= 11 is 0. The van der Waals surface area contributed by atoms with E-state index in [0.717, 1.165) is 0 Å². The molecule has 0 saturated carbocycles. The molecule has 8 heteroatoms. The number of halogens is 3. The molecule has 0 spiro atoms. The zero-order chi connectivity index (χ0) is 16.4. The minimum absolute atomic E-state index is 0.0422. The summed E-state index contributed by atoms with van der Waals surface area (Å²) in [5, 5.41) is 9.67. The number of anilines is 1. The Bertz CT molecular complexity index is 540. The Balaban J connectivity index is 2.17. The average molecular weight is 318 g/mol. The van der Waals surface area contributed by atoms with E-state index < -0.39 is 30.6 Å². The fraction of sp³-hybridized carbons (Fsp3) is 0.571. The highest BCUT2D eigenvalue weighted by Crippen LogP contribution is 2.39. The van der Waals surface area contributed by atoms with E-state index >= 15 is 0 Å². The standard InChI is InChI=1S/C14H17F3N2O3/c1-2-22-12(20)10-4-3-7-18-11(10)19-8-5-13(21,6-9-19)14(15,16)17/h3-4,7,21H,2,5-6,8-9H2,1H3. The van der Waals surface area contributed by atoms with Crippen molar-refractivity contribution in [3.05, 3.63) is 23.9 Å². The Hall–Kier alpha value is -1.83. The van der Waals surface area contributed by atoms with Crippen molar-refractivity contribution in [2.45, 2.75) is 31.5 Å². The molecule has 0 radical (unpaired) electrons. The quantitative estimate of drug-likeness (QED) is 0.865. The lowest BCUT2D eigenvalue weighted by molar-refractivity contribution is -0.266. The lowest BCUT2D eigenvalue weighted by atomic mass is 9.90. The summed E-state index contributed by atoms with van der Waals surface area (Å²) in [5.74, 6) is -0.285.